The normalized spacial score (nSPS) is 15.9. The van der Waals surface area contributed by atoms with Gasteiger partial charge in [0, 0.05) is 6.54 Å². The first-order valence-electron chi connectivity index (χ1n) is 6.30. The quantitative estimate of drug-likeness (QED) is 0.649. The molecule has 1 aromatic rings. The second-order valence-corrected chi connectivity index (χ2v) is 4.52. The molecule has 0 aliphatic carbocycles. The summed E-state index contributed by atoms with van der Waals surface area (Å²) in [6.45, 7) is 0.819. The van der Waals surface area contributed by atoms with Crippen molar-refractivity contribution >= 4 is 11.6 Å². The molecule has 1 aliphatic heterocycles. The highest BCUT2D eigenvalue weighted by atomic mass is 16.5. The molecule has 6 nitrogen and oxygen atoms in total. The Morgan fingerprint density at radius 1 is 1.42 bits per heavy atom. The fraction of sp³-hybridized carbons (Fsp3) is 0.462. The molecule has 0 radical (unpaired) electrons. The first kappa shape index (κ1) is 13.8. The predicted molar refractivity (Wildman–Crippen MR) is 72.1 cm³/mol. The molecular formula is C13H19N3O3. The monoisotopic (exact) mass is 265 g/mol. The van der Waals surface area contributed by atoms with Crippen LogP contribution in [0.25, 0.3) is 0 Å². The standard InChI is InChI=1S/C13H19N3O3/c14-4-3-9-1-2-12-11(5-9)16(7-10(17)6-15)13(18)8-19-12/h1-2,5,10,17H,3-4,6-8,14-15H2. The van der Waals surface area contributed by atoms with Crippen molar-refractivity contribution in [2.75, 3.05) is 31.1 Å². The van der Waals surface area contributed by atoms with Crippen LogP contribution in [0, 0.1) is 0 Å². The van der Waals surface area contributed by atoms with Crippen LogP contribution in [0.15, 0.2) is 18.2 Å². The molecule has 0 aromatic heterocycles. The third-order valence-electron chi connectivity index (χ3n) is 3.06. The number of aliphatic hydroxyl groups is 1. The summed E-state index contributed by atoms with van der Waals surface area (Å²) in [5.74, 6) is 0.467. The largest absolute Gasteiger partial charge is 0.482 e. The van der Waals surface area contributed by atoms with Crippen molar-refractivity contribution in [1.82, 2.24) is 0 Å². The van der Waals surface area contributed by atoms with E-state index in [-0.39, 0.29) is 25.6 Å². The topological polar surface area (TPSA) is 102 Å². The number of rotatable bonds is 5. The van der Waals surface area contributed by atoms with Crippen molar-refractivity contribution in [3.63, 3.8) is 0 Å². The zero-order valence-electron chi connectivity index (χ0n) is 10.7. The van der Waals surface area contributed by atoms with Crippen LogP contribution in [-0.4, -0.2) is 43.4 Å². The summed E-state index contributed by atoms with van der Waals surface area (Å²) < 4.78 is 5.38. The third-order valence-corrected chi connectivity index (χ3v) is 3.06. The number of fused-ring (bicyclic) bond motifs is 1. The summed E-state index contributed by atoms with van der Waals surface area (Å²) in [6.07, 6.45) is -0.0116. The van der Waals surface area contributed by atoms with Crippen LogP contribution in [0.4, 0.5) is 5.69 Å². The lowest BCUT2D eigenvalue weighted by Crippen LogP contribution is -2.45. The highest BCUT2D eigenvalue weighted by Crippen LogP contribution is 2.33. The Balaban J connectivity index is 2.30. The van der Waals surface area contributed by atoms with E-state index in [9.17, 15) is 9.90 Å². The van der Waals surface area contributed by atoms with Gasteiger partial charge < -0.3 is 26.2 Å². The highest BCUT2D eigenvalue weighted by Gasteiger charge is 2.27. The van der Waals surface area contributed by atoms with Gasteiger partial charge in [0.1, 0.15) is 5.75 Å². The van der Waals surface area contributed by atoms with Gasteiger partial charge in [0.25, 0.3) is 5.91 Å². The zero-order chi connectivity index (χ0) is 13.8. The molecule has 104 valence electrons. The Bertz CT molecular complexity index is 464. The molecule has 1 heterocycles. The van der Waals surface area contributed by atoms with Crippen molar-refractivity contribution in [2.24, 2.45) is 11.5 Å². The van der Waals surface area contributed by atoms with Crippen molar-refractivity contribution in [3.8, 4) is 5.75 Å². The number of anilines is 1. The van der Waals surface area contributed by atoms with Gasteiger partial charge in [0.2, 0.25) is 0 Å². The van der Waals surface area contributed by atoms with Crippen LogP contribution in [0.1, 0.15) is 5.56 Å². The Morgan fingerprint density at radius 2 is 2.21 bits per heavy atom. The van der Waals surface area contributed by atoms with Gasteiger partial charge in [-0.1, -0.05) is 6.07 Å². The van der Waals surface area contributed by atoms with Crippen molar-refractivity contribution in [1.29, 1.82) is 0 Å². The van der Waals surface area contributed by atoms with E-state index in [1.807, 2.05) is 18.2 Å². The molecule has 6 heteroatoms. The Kier molecular flexibility index (Phi) is 4.36. The molecule has 0 bridgehead atoms. The second-order valence-electron chi connectivity index (χ2n) is 4.52. The summed E-state index contributed by atoms with van der Waals surface area (Å²) in [7, 11) is 0. The van der Waals surface area contributed by atoms with Gasteiger partial charge in [-0.2, -0.15) is 0 Å². The summed E-state index contributed by atoms with van der Waals surface area (Å²) in [5.41, 5.74) is 12.6. The van der Waals surface area contributed by atoms with E-state index in [2.05, 4.69) is 0 Å². The average Bonchev–Trinajstić information content (AvgIpc) is 2.42. The van der Waals surface area contributed by atoms with E-state index in [0.29, 0.717) is 18.0 Å². The molecule has 1 aromatic carbocycles. The lowest BCUT2D eigenvalue weighted by molar-refractivity contribution is -0.121. The average molecular weight is 265 g/mol. The summed E-state index contributed by atoms with van der Waals surface area (Å²) in [6, 6.07) is 5.64. The number of nitrogens with two attached hydrogens (primary N) is 2. The molecule has 0 saturated carbocycles. The number of benzene rings is 1. The van der Waals surface area contributed by atoms with Crippen LogP contribution < -0.4 is 21.1 Å². The fourth-order valence-electron chi connectivity index (χ4n) is 2.06. The Morgan fingerprint density at radius 3 is 2.89 bits per heavy atom. The molecule has 2 rings (SSSR count). The molecule has 19 heavy (non-hydrogen) atoms. The first-order valence-corrected chi connectivity index (χ1v) is 6.30. The van der Waals surface area contributed by atoms with Crippen molar-refractivity contribution in [3.05, 3.63) is 23.8 Å². The molecule has 1 aliphatic rings. The zero-order valence-corrected chi connectivity index (χ0v) is 10.7. The van der Waals surface area contributed by atoms with Gasteiger partial charge in [0.15, 0.2) is 6.61 Å². The second kappa shape index (κ2) is 6.01. The minimum absolute atomic E-state index is 0.0134. The van der Waals surface area contributed by atoms with Crippen LogP contribution in [0.5, 0.6) is 5.75 Å². The minimum Gasteiger partial charge on any atom is -0.482 e. The van der Waals surface area contributed by atoms with Crippen LogP contribution >= 0.6 is 0 Å². The van der Waals surface area contributed by atoms with Crippen LogP contribution in [0.3, 0.4) is 0 Å². The van der Waals surface area contributed by atoms with E-state index < -0.39 is 6.10 Å². The number of hydrogen-bond acceptors (Lipinski definition) is 5. The molecule has 0 fully saturated rings. The smallest absolute Gasteiger partial charge is 0.265 e. The van der Waals surface area contributed by atoms with Gasteiger partial charge in [-0.25, -0.2) is 0 Å². The molecule has 1 atom stereocenters. The number of β-amino-alcohol motifs (C(OH)–C–C–N with tert-alkyl or cyclic N) is 1. The Labute approximate surface area is 111 Å². The molecule has 0 spiro atoms. The van der Waals surface area contributed by atoms with Gasteiger partial charge in [-0.15, -0.1) is 0 Å². The van der Waals surface area contributed by atoms with E-state index in [0.717, 1.165) is 12.0 Å². The number of ether oxygens (including phenoxy) is 1. The Hall–Kier alpha value is -1.63. The van der Waals surface area contributed by atoms with Gasteiger partial charge in [0.05, 0.1) is 18.3 Å². The number of hydrogen-bond donors (Lipinski definition) is 3. The van der Waals surface area contributed by atoms with Gasteiger partial charge in [-0.05, 0) is 30.7 Å². The van der Waals surface area contributed by atoms with Gasteiger partial charge in [-0.3, -0.25) is 4.79 Å². The third kappa shape index (κ3) is 3.04. The van der Waals surface area contributed by atoms with Crippen LogP contribution in [-0.2, 0) is 11.2 Å². The first-order chi connectivity index (χ1) is 9.15. The van der Waals surface area contributed by atoms with Crippen molar-refractivity contribution < 1.29 is 14.6 Å². The fourth-order valence-corrected chi connectivity index (χ4v) is 2.06. The molecule has 0 saturated heterocycles. The summed E-state index contributed by atoms with van der Waals surface area (Å²) >= 11 is 0. The maximum Gasteiger partial charge on any atom is 0.265 e. The number of nitrogens with zero attached hydrogens (tertiary/aromatic N) is 1. The number of carbonyl (C=O) groups is 1. The van der Waals surface area contributed by atoms with E-state index in [4.69, 9.17) is 16.2 Å². The van der Waals surface area contributed by atoms with Crippen molar-refractivity contribution in [2.45, 2.75) is 12.5 Å². The summed E-state index contributed by atoms with van der Waals surface area (Å²) in [4.78, 5) is 13.4. The number of amides is 1. The highest BCUT2D eigenvalue weighted by molar-refractivity contribution is 5.98. The maximum atomic E-state index is 11.9. The van der Waals surface area contributed by atoms with Crippen LogP contribution in [0.2, 0.25) is 0 Å². The van der Waals surface area contributed by atoms with E-state index >= 15 is 0 Å². The lowest BCUT2D eigenvalue weighted by Gasteiger charge is -2.31. The molecule has 5 N–H and O–H groups in total. The number of aliphatic hydroxyl groups excluding tert-OH is 1. The lowest BCUT2D eigenvalue weighted by atomic mass is 10.1. The minimum atomic E-state index is -0.743. The summed E-state index contributed by atoms with van der Waals surface area (Å²) in [5, 5.41) is 9.65. The number of carbonyl (C=O) groups excluding carboxylic acids is 1. The molecule has 1 amide bonds. The van der Waals surface area contributed by atoms with E-state index in [1.54, 1.807) is 0 Å². The van der Waals surface area contributed by atoms with E-state index in [1.165, 1.54) is 4.90 Å². The maximum absolute atomic E-state index is 11.9. The molecule has 1 unspecified atom stereocenters. The SMILES string of the molecule is NCCc1ccc2c(c1)N(CC(O)CN)C(=O)CO2. The predicted octanol–water partition coefficient (Wildman–Crippen LogP) is -0.767. The molecular weight excluding hydrogens is 246 g/mol. The van der Waals surface area contributed by atoms with Gasteiger partial charge >= 0.3 is 0 Å².